The number of hydrogen-bond acceptors (Lipinski definition) is 3. The lowest BCUT2D eigenvalue weighted by Crippen LogP contribution is -2.45. The molecule has 1 saturated carbocycles. The normalized spacial score (nSPS) is 25.8. The highest BCUT2D eigenvalue weighted by Crippen LogP contribution is 2.39. The average molecular weight is 273 g/mol. The highest BCUT2D eigenvalue weighted by Gasteiger charge is 2.34. The molecule has 1 aromatic heterocycles. The number of fused-ring (bicyclic) bond motifs is 1. The third kappa shape index (κ3) is 2.89. The summed E-state index contributed by atoms with van der Waals surface area (Å²) in [5.74, 6) is 7.19. The minimum Gasteiger partial charge on any atom is -0.271 e. The van der Waals surface area contributed by atoms with E-state index in [9.17, 15) is 0 Å². The molecule has 1 heterocycles. The second kappa shape index (κ2) is 6.68. The van der Waals surface area contributed by atoms with Gasteiger partial charge in [0.15, 0.2) is 0 Å². The molecule has 0 aromatic carbocycles. The molecule has 1 fully saturated rings. The number of rotatable bonds is 3. The fraction of sp³-hybridized carbons (Fsp3) is 0.706. The van der Waals surface area contributed by atoms with E-state index in [0.29, 0.717) is 12.0 Å². The third-order valence-corrected chi connectivity index (χ3v) is 5.29. The first-order valence-electron chi connectivity index (χ1n) is 8.30. The monoisotopic (exact) mass is 273 g/mol. The summed E-state index contributed by atoms with van der Waals surface area (Å²) in [6.45, 7) is 0. The van der Waals surface area contributed by atoms with Gasteiger partial charge >= 0.3 is 0 Å². The lowest BCUT2D eigenvalue weighted by molar-refractivity contribution is 0.252. The van der Waals surface area contributed by atoms with Gasteiger partial charge in [0.05, 0.1) is 0 Å². The van der Waals surface area contributed by atoms with Crippen molar-refractivity contribution in [2.24, 2.45) is 11.8 Å². The van der Waals surface area contributed by atoms with Crippen molar-refractivity contribution in [3.05, 3.63) is 29.6 Å². The van der Waals surface area contributed by atoms with E-state index in [0.717, 1.165) is 5.92 Å². The minimum absolute atomic E-state index is 0.407. The van der Waals surface area contributed by atoms with Crippen molar-refractivity contribution in [2.45, 2.75) is 69.7 Å². The Hall–Kier alpha value is -0.930. The summed E-state index contributed by atoms with van der Waals surface area (Å²) >= 11 is 0. The fourth-order valence-electron chi connectivity index (χ4n) is 4.22. The van der Waals surface area contributed by atoms with Gasteiger partial charge in [0, 0.05) is 23.9 Å². The molecule has 2 atom stereocenters. The molecule has 0 radical (unpaired) electrons. The summed E-state index contributed by atoms with van der Waals surface area (Å²) in [6, 6.07) is 4.69. The van der Waals surface area contributed by atoms with Gasteiger partial charge in [0.2, 0.25) is 0 Å². The quantitative estimate of drug-likeness (QED) is 0.656. The van der Waals surface area contributed by atoms with Gasteiger partial charge in [-0.05, 0) is 43.2 Å². The van der Waals surface area contributed by atoms with Crippen molar-refractivity contribution < 1.29 is 0 Å². The summed E-state index contributed by atoms with van der Waals surface area (Å²) < 4.78 is 0. The smallest absolute Gasteiger partial charge is 0.0482 e. The molecule has 2 unspecified atom stereocenters. The van der Waals surface area contributed by atoms with E-state index in [1.54, 1.807) is 0 Å². The van der Waals surface area contributed by atoms with E-state index in [2.05, 4.69) is 22.5 Å². The Morgan fingerprint density at radius 3 is 2.60 bits per heavy atom. The van der Waals surface area contributed by atoms with Crippen molar-refractivity contribution in [1.82, 2.24) is 10.4 Å². The zero-order valence-electron chi connectivity index (χ0n) is 12.4. The topological polar surface area (TPSA) is 50.9 Å². The Bertz CT molecular complexity index is 424. The zero-order valence-corrected chi connectivity index (χ0v) is 12.4. The lowest BCUT2D eigenvalue weighted by Gasteiger charge is -2.32. The average Bonchev–Trinajstić information content (AvgIpc) is 2.86. The van der Waals surface area contributed by atoms with Crippen LogP contribution in [0.3, 0.4) is 0 Å². The summed E-state index contributed by atoms with van der Waals surface area (Å²) in [5.41, 5.74) is 5.90. The molecule has 3 N–H and O–H groups in total. The Labute approximate surface area is 122 Å². The van der Waals surface area contributed by atoms with Crippen LogP contribution in [0.5, 0.6) is 0 Å². The van der Waals surface area contributed by atoms with Crippen LogP contribution in [0.25, 0.3) is 0 Å². The van der Waals surface area contributed by atoms with E-state index in [-0.39, 0.29) is 0 Å². The number of nitrogens with zero attached hydrogens (tertiary/aromatic N) is 1. The molecule has 2 aliphatic carbocycles. The van der Waals surface area contributed by atoms with Crippen LogP contribution in [0.4, 0.5) is 0 Å². The van der Waals surface area contributed by atoms with Crippen molar-refractivity contribution in [3.8, 4) is 0 Å². The molecule has 0 saturated heterocycles. The van der Waals surface area contributed by atoms with Gasteiger partial charge in [0.1, 0.15) is 0 Å². The van der Waals surface area contributed by atoms with Gasteiger partial charge in [-0.1, -0.05) is 38.2 Å². The Morgan fingerprint density at radius 1 is 1.10 bits per heavy atom. The van der Waals surface area contributed by atoms with Crippen LogP contribution in [0.1, 0.15) is 68.5 Å². The number of pyridine rings is 1. The molecule has 3 heteroatoms. The molecule has 3 rings (SSSR count). The summed E-state index contributed by atoms with van der Waals surface area (Å²) in [6.07, 6.45) is 13.9. The SMILES string of the molecule is NNC(C1CCCCCCC1)C1CCc2cccnc21. The fourth-order valence-corrected chi connectivity index (χ4v) is 4.22. The van der Waals surface area contributed by atoms with Crippen LogP contribution in [-0.2, 0) is 6.42 Å². The molecular weight excluding hydrogens is 246 g/mol. The van der Waals surface area contributed by atoms with E-state index >= 15 is 0 Å². The number of aryl methyl sites for hydroxylation is 1. The van der Waals surface area contributed by atoms with Gasteiger partial charge in [-0.3, -0.25) is 16.3 Å². The van der Waals surface area contributed by atoms with Gasteiger partial charge in [0.25, 0.3) is 0 Å². The molecule has 0 aliphatic heterocycles. The predicted molar refractivity (Wildman–Crippen MR) is 82.2 cm³/mol. The predicted octanol–water partition coefficient (Wildman–Crippen LogP) is 3.30. The van der Waals surface area contributed by atoms with Crippen molar-refractivity contribution >= 4 is 0 Å². The second-order valence-corrected chi connectivity index (χ2v) is 6.49. The molecule has 0 bridgehead atoms. The third-order valence-electron chi connectivity index (χ3n) is 5.29. The van der Waals surface area contributed by atoms with Gasteiger partial charge in [-0.15, -0.1) is 0 Å². The van der Waals surface area contributed by atoms with Crippen LogP contribution < -0.4 is 11.3 Å². The summed E-state index contributed by atoms with van der Waals surface area (Å²) in [4.78, 5) is 4.65. The maximum Gasteiger partial charge on any atom is 0.0482 e. The molecule has 0 amide bonds. The Morgan fingerprint density at radius 2 is 1.85 bits per heavy atom. The number of nitrogens with two attached hydrogens (primary N) is 1. The maximum atomic E-state index is 5.95. The highest BCUT2D eigenvalue weighted by atomic mass is 15.2. The van der Waals surface area contributed by atoms with Crippen LogP contribution in [0.15, 0.2) is 18.3 Å². The summed E-state index contributed by atoms with van der Waals surface area (Å²) in [5, 5.41) is 0. The van der Waals surface area contributed by atoms with Crippen molar-refractivity contribution in [1.29, 1.82) is 0 Å². The first-order chi connectivity index (χ1) is 9.90. The molecular formula is C17H27N3. The maximum absolute atomic E-state index is 5.95. The second-order valence-electron chi connectivity index (χ2n) is 6.49. The Balaban J connectivity index is 1.76. The molecule has 20 heavy (non-hydrogen) atoms. The molecule has 110 valence electrons. The molecule has 0 spiro atoms. The minimum atomic E-state index is 0.407. The van der Waals surface area contributed by atoms with E-state index in [1.165, 1.54) is 69.0 Å². The van der Waals surface area contributed by atoms with E-state index in [4.69, 9.17) is 5.84 Å². The first-order valence-corrected chi connectivity index (χ1v) is 8.30. The Kier molecular flexibility index (Phi) is 4.69. The molecule has 3 nitrogen and oxygen atoms in total. The van der Waals surface area contributed by atoms with Gasteiger partial charge < -0.3 is 0 Å². The van der Waals surface area contributed by atoms with E-state index in [1.807, 2.05) is 6.20 Å². The van der Waals surface area contributed by atoms with Gasteiger partial charge in [-0.2, -0.15) is 0 Å². The number of hydrazine groups is 1. The van der Waals surface area contributed by atoms with Crippen LogP contribution in [-0.4, -0.2) is 11.0 Å². The lowest BCUT2D eigenvalue weighted by atomic mass is 9.79. The first kappa shape index (κ1) is 14.0. The van der Waals surface area contributed by atoms with Crippen molar-refractivity contribution in [3.63, 3.8) is 0 Å². The van der Waals surface area contributed by atoms with Crippen LogP contribution in [0, 0.1) is 5.92 Å². The number of aromatic nitrogens is 1. The molecule has 2 aliphatic rings. The van der Waals surface area contributed by atoms with Gasteiger partial charge in [-0.25, -0.2) is 0 Å². The largest absolute Gasteiger partial charge is 0.271 e. The molecule has 1 aromatic rings. The van der Waals surface area contributed by atoms with Crippen LogP contribution in [0.2, 0.25) is 0 Å². The number of nitrogens with one attached hydrogen (secondary N) is 1. The van der Waals surface area contributed by atoms with Crippen molar-refractivity contribution in [2.75, 3.05) is 0 Å². The highest BCUT2D eigenvalue weighted by molar-refractivity contribution is 5.30. The van der Waals surface area contributed by atoms with Crippen LogP contribution >= 0.6 is 0 Å². The standard InChI is InChI=1S/C17H27N3/c18-20-17(13-7-4-2-1-3-5-8-13)15-11-10-14-9-6-12-19-16(14)15/h6,9,12-13,15,17,20H,1-5,7-8,10-11,18H2. The zero-order chi connectivity index (χ0) is 13.8. The number of hydrogen-bond donors (Lipinski definition) is 2. The van der Waals surface area contributed by atoms with E-state index < -0.39 is 0 Å². The summed E-state index contributed by atoms with van der Waals surface area (Å²) in [7, 11) is 0.